The Morgan fingerprint density at radius 3 is 3.06 bits per heavy atom. The van der Waals surface area contributed by atoms with Gasteiger partial charge in [-0.3, -0.25) is 4.79 Å². The maximum atomic E-state index is 13.0. The Balaban J connectivity index is 2.20. The molecule has 0 radical (unpaired) electrons. The van der Waals surface area contributed by atoms with E-state index in [2.05, 4.69) is 22.1 Å². The topological polar surface area (TPSA) is 68.0 Å². The minimum absolute atomic E-state index is 0.0956. The van der Waals surface area contributed by atoms with E-state index in [-0.39, 0.29) is 11.8 Å². The molecular weight excluding hydrogens is 237 g/mol. The van der Waals surface area contributed by atoms with Crippen LogP contribution in [0.25, 0.3) is 11.5 Å². The van der Waals surface area contributed by atoms with Gasteiger partial charge in [-0.1, -0.05) is 12.1 Å². The van der Waals surface area contributed by atoms with Crippen molar-refractivity contribution in [3.05, 3.63) is 48.6 Å². The van der Waals surface area contributed by atoms with Gasteiger partial charge < -0.3 is 9.73 Å². The van der Waals surface area contributed by atoms with Crippen LogP contribution >= 0.6 is 0 Å². The number of halogens is 1. The van der Waals surface area contributed by atoms with Crippen molar-refractivity contribution in [3.8, 4) is 11.5 Å². The fourth-order valence-corrected chi connectivity index (χ4v) is 1.29. The molecule has 6 heteroatoms. The molecule has 0 aliphatic carbocycles. The average Bonchev–Trinajstić information content (AvgIpc) is 2.85. The van der Waals surface area contributed by atoms with Crippen molar-refractivity contribution < 1.29 is 13.6 Å². The zero-order valence-corrected chi connectivity index (χ0v) is 9.39. The molecule has 2 aromatic rings. The Morgan fingerprint density at radius 2 is 2.33 bits per heavy atom. The van der Waals surface area contributed by atoms with E-state index in [9.17, 15) is 9.18 Å². The molecule has 18 heavy (non-hydrogen) atoms. The van der Waals surface area contributed by atoms with Crippen LogP contribution in [-0.4, -0.2) is 22.6 Å². The van der Waals surface area contributed by atoms with Crippen molar-refractivity contribution in [1.82, 2.24) is 15.5 Å². The highest BCUT2D eigenvalue weighted by Gasteiger charge is 2.15. The molecule has 1 heterocycles. The molecular formula is C12H10FN3O2. The molecule has 0 saturated heterocycles. The summed E-state index contributed by atoms with van der Waals surface area (Å²) in [5, 5.41) is 9.77. The highest BCUT2D eigenvalue weighted by atomic mass is 19.1. The van der Waals surface area contributed by atoms with E-state index in [1.54, 1.807) is 6.07 Å². The second-order valence-corrected chi connectivity index (χ2v) is 3.42. The SMILES string of the molecule is C=CCNC(=O)c1nnc(-c2cccc(F)c2)o1. The van der Waals surface area contributed by atoms with Crippen molar-refractivity contribution >= 4 is 5.91 Å². The average molecular weight is 247 g/mol. The van der Waals surface area contributed by atoms with Crippen molar-refractivity contribution in [3.63, 3.8) is 0 Å². The third-order valence-electron chi connectivity index (χ3n) is 2.10. The first kappa shape index (κ1) is 12.0. The smallest absolute Gasteiger partial charge is 0.309 e. The molecule has 0 aliphatic heterocycles. The quantitative estimate of drug-likeness (QED) is 0.836. The fourth-order valence-electron chi connectivity index (χ4n) is 1.29. The van der Waals surface area contributed by atoms with Crippen LogP contribution < -0.4 is 5.32 Å². The molecule has 1 aromatic carbocycles. The molecule has 92 valence electrons. The third kappa shape index (κ3) is 2.60. The number of carbonyl (C=O) groups excluding carboxylic acids is 1. The molecule has 2 rings (SSSR count). The summed E-state index contributed by atoms with van der Waals surface area (Å²) in [6, 6.07) is 5.69. The highest BCUT2D eigenvalue weighted by Crippen LogP contribution is 2.18. The van der Waals surface area contributed by atoms with Crippen molar-refractivity contribution in [2.24, 2.45) is 0 Å². The van der Waals surface area contributed by atoms with Gasteiger partial charge in [0.25, 0.3) is 0 Å². The van der Waals surface area contributed by atoms with Gasteiger partial charge in [0.05, 0.1) is 0 Å². The van der Waals surface area contributed by atoms with Crippen LogP contribution in [0.4, 0.5) is 4.39 Å². The van der Waals surface area contributed by atoms with Gasteiger partial charge in [0.2, 0.25) is 5.89 Å². The summed E-state index contributed by atoms with van der Waals surface area (Å²) >= 11 is 0. The van der Waals surface area contributed by atoms with Gasteiger partial charge in [-0.2, -0.15) is 0 Å². The standard InChI is InChI=1S/C12H10FN3O2/c1-2-6-14-10(17)12-16-15-11(18-12)8-4-3-5-9(13)7-8/h2-5,7H,1,6H2,(H,14,17). The van der Waals surface area contributed by atoms with Crippen LogP contribution in [0.15, 0.2) is 41.3 Å². The van der Waals surface area contributed by atoms with Crippen LogP contribution in [-0.2, 0) is 0 Å². The van der Waals surface area contributed by atoms with Gasteiger partial charge >= 0.3 is 11.8 Å². The second kappa shape index (κ2) is 5.22. The van der Waals surface area contributed by atoms with Gasteiger partial charge in [-0.05, 0) is 18.2 Å². The lowest BCUT2D eigenvalue weighted by molar-refractivity contribution is 0.0924. The van der Waals surface area contributed by atoms with Gasteiger partial charge in [-0.25, -0.2) is 4.39 Å². The number of hydrogen-bond donors (Lipinski definition) is 1. The summed E-state index contributed by atoms with van der Waals surface area (Å²) in [4.78, 5) is 11.5. The first-order valence-corrected chi connectivity index (χ1v) is 5.19. The number of benzene rings is 1. The van der Waals surface area contributed by atoms with Gasteiger partial charge in [0.1, 0.15) is 5.82 Å². The molecule has 0 atom stereocenters. The minimum Gasteiger partial charge on any atom is -0.412 e. The van der Waals surface area contributed by atoms with E-state index in [0.29, 0.717) is 12.1 Å². The Labute approximate surface area is 102 Å². The predicted molar refractivity (Wildman–Crippen MR) is 62.2 cm³/mol. The monoisotopic (exact) mass is 247 g/mol. The maximum absolute atomic E-state index is 13.0. The molecule has 0 unspecified atom stereocenters. The van der Waals surface area contributed by atoms with Crippen LogP contribution in [0, 0.1) is 5.82 Å². The summed E-state index contributed by atoms with van der Waals surface area (Å²) < 4.78 is 18.2. The maximum Gasteiger partial charge on any atom is 0.309 e. The molecule has 1 N–H and O–H groups in total. The number of amides is 1. The number of aromatic nitrogens is 2. The Kier molecular flexibility index (Phi) is 3.47. The molecule has 0 bridgehead atoms. The number of nitrogens with one attached hydrogen (secondary N) is 1. The van der Waals surface area contributed by atoms with Crippen LogP contribution in [0.1, 0.15) is 10.7 Å². The number of carbonyl (C=O) groups is 1. The lowest BCUT2D eigenvalue weighted by atomic mass is 10.2. The molecule has 1 aromatic heterocycles. The van der Waals surface area contributed by atoms with E-state index in [4.69, 9.17) is 4.42 Å². The molecule has 0 spiro atoms. The van der Waals surface area contributed by atoms with Crippen LogP contribution in [0.2, 0.25) is 0 Å². The fraction of sp³-hybridized carbons (Fsp3) is 0.0833. The number of nitrogens with zero attached hydrogens (tertiary/aromatic N) is 2. The second-order valence-electron chi connectivity index (χ2n) is 3.42. The van der Waals surface area contributed by atoms with E-state index in [0.717, 1.165) is 0 Å². The van der Waals surface area contributed by atoms with E-state index in [1.807, 2.05) is 0 Å². The normalized spacial score (nSPS) is 10.1. The minimum atomic E-state index is -0.495. The van der Waals surface area contributed by atoms with Gasteiger partial charge in [0.15, 0.2) is 0 Å². The van der Waals surface area contributed by atoms with E-state index < -0.39 is 11.7 Å². The Bertz CT molecular complexity index is 580. The van der Waals surface area contributed by atoms with Gasteiger partial charge in [0, 0.05) is 12.1 Å². The van der Waals surface area contributed by atoms with Crippen LogP contribution in [0.5, 0.6) is 0 Å². The molecule has 5 nitrogen and oxygen atoms in total. The summed E-state index contributed by atoms with van der Waals surface area (Å²) in [5.41, 5.74) is 0.422. The molecule has 0 saturated carbocycles. The molecule has 0 fully saturated rings. The van der Waals surface area contributed by atoms with Crippen molar-refractivity contribution in [2.75, 3.05) is 6.54 Å². The first-order chi connectivity index (χ1) is 8.70. The highest BCUT2D eigenvalue weighted by molar-refractivity contribution is 5.89. The zero-order valence-electron chi connectivity index (χ0n) is 9.39. The number of rotatable bonds is 4. The predicted octanol–water partition coefficient (Wildman–Crippen LogP) is 1.79. The zero-order chi connectivity index (χ0) is 13.0. The lowest BCUT2D eigenvalue weighted by Crippen LogP contribution is -2.23. The summed E-state index contributed by atoms with van der Waals surface area (Å²) in [6.07, 6.45) is 1.53. The lowest BCUT2D eigenvalue weighted by Gasteiger charge is -1.96. The molecule has 0 aliphatic rings. The number of hydrogen-bond acceptors (Lipinski definition) is 4. The van der Waals surface area contributed by atoms with Crippen LogP contribution in [0.3, 0.4) is 0 Å². The molecule has 1 amide bonds. The Hall–Kier alpha value is -2.50. The Morgan fingerprint density at radius 1 is 1.50 bits per heavy atom. The summed E-state index contributed by atoms with van der Waals surface area (Å²) in [6.45, 7) is 3.77. The first-order valence-electron chi connectivity index (χ1n) is 5.19. The summed E-state index contributed by atoms with van der Waals surface area (Å²) in [5.74, 6) is -0.984. The summed E-state index contributed by atoms with van der Waals surface area (Å²) in [7, 11) is 0. The van der Waals surface area contributed by atoms with Crippen molar-refractivity contribution in [1.29, 1.82) is 0 Å². The van der Waals surface area contributed by atoms with Crippen molar-refractivity contribution in [2.45, 2.75) is 0 Å². The van der Waals surface area contributed by atoms with E-state index in [1.165, 1.54) is 24.3 Å². The van der Waals surface area contributed by atoms with E-state index >= 15 is 0 Å². The largest absolute Gasteiger partial charge is 0.412 e. The third-order valence-corrected chi connectivity index (χ3v) is 2.10. The van der Waals surface area contributed by atoms with Gasteiger partial charge in [-0.15, -0.1) is 16.8 Å².